The number of carbonyl (C=O) groups excluding carboxylic acids is 3. The maximum atomic E-state index is 15.2. The van der Waals surface area contributed by atoms with E-state index < -0.39 is 96.7 Å². The van der Waals surface area contributed by atoms with Crippen LogP contribution in [0.5, 0.6) is 0 Å². The lowest BCUT2D eigenvalue weighted by atomic mass is 9.49. The van der Waals surface area contributed by atoms with E-state index in [1.165, 1.54) is 0 Å². The Morgan fingerprint density at radius 3 is 1.55 bits per heavy atom. The maximum Gasteiger partial charge on any atom is 0.345 e. The van der Waals surface area contributed by atoms with Gasteiger partial charge in [0.25, 0.3) is 6.43 Å². The van der Waals surface area contributed by atoms with Crippen molar-refractivity contribution in [1.82, 2.24) is 0 Å². The highest BCUT2D eigenvalue weighted by Gasteiger charge is 3.14. The predicted molar refractivity (Wildman–Crippen MR) is 93.5 cm³/mol. The number of ether oxygens (including phenoxy) is 3. The molecule has 6 nitrogen and oxygen atoms in total. The first kappa shape index (κ1) is 33.3. The van der Waals surface area contributed by atoms with Crippen molar-refractivity contribution in [2.75, 3.05) is 13.2 Å². The topological polar surface area (TPSA) is 78.9 Å². The third-order valence-electron chi connectivity index (χ3n) is 6.31. The molecule has 0 amide bonds. The van der Waals surface area contributed by atoms with Gasteiger partial charge in [-0.05, 0) is 13.8 Å². The molecule has 2 rings (SSSR count). The minimum atomic E-state index is -8.08. The largest absolute Gasteiger partial charge is 0.451 e. The van der Waals surface area contributed by atoms with Gasteiger partial charge in [-0.15, -0.1) is 0 Å². The third kappa shape index (κ3) is 3.25. The van der Waals surface area contributed by atoms with Gasteiger partial charge in [0.2, 0.25) is 5.67 Å². The summed E-state index contributed by atoms with van der Waals surface area (Å²) in [7, 11) is 0. The van der Waals surface area contributed by atoms with Crippen molar-refractivity contribution < 1.29 is 94.5 Å². The Labute approximate surface area is 211 Å². The minimum Gasteiger partial charge on any atom is -0.451 e. The van der Waals surface area contributed by atoms with Crippen LogP contribution in [0.2, 0.25) is 0 Å². The van der Waals surface area contributed by atoms with Crippen LogP contribution in [0, 0.1) is 0 Å². The molecule has 0 aliphatic heterocycles. The molecule has 2 fully saturated rings. The lowest BCUT2D eigenvalue weighted by molar-refractivity contribution is -0.552. The molecule has 2 aliphatic rings. The zero-order valence-corrected chi connectivity index (χ0v) is 19.3. The van der Waals surface area contributed by atoms with Gasteiger partial charge in [0.15, 0.2) is 13.2 Å². The molecule has 0 saturated heterocycles. The van der Waals surface area contributed by atoms with Crippen LogP contribution in [0.1, 0.15) is 13.8 Å². The van der Waals surface area contributed by atoms with Gasteiger partial charge < -0.3 is 14.2 Å². The quantitative estimate of drug-likeness (QED) is 0.180. The first-order valence-corrected chi connectivity index (χ1v) is 10.00. The van der Waals surface area contributed by atoms with Gasteiger partial charge >= 0.3 is 64.5 Å². The first-order chi connectivity index (χ1) is 17.6. The Kier molecular flexibility index (Phi) is 7.33. The summed E-state index contributed by atoms with van der Waals surface area (Å²) in [5.41, 5.74) is -30.3. The van der Waals surface area contributed by atoms with Crippen LogP contribution >= 0.6 is 0 Å². The van der Waals surface area contributed by atoms with E-state index >= 15 is 22.0 Å². The molecule has 0 aromatic carbocycles. The summed E-state index contributed by atoms with van der Waals surface area (Å²) < 4.78 is 230. The molecular formula is C19H13F15O6. The van der Waals surface area contributed by atoms with Gasteiger partial charge in [0.1, 0.15) is 0 Å². The van der Waals surface area contributed by atoms with Gasteiger partial charge in [0.05, 0.1) is 0 Å². The van der Waals surface area contributed by atoms with E-state index in [0.717, 1.165) is 6.92 Å². The zero-order valence-electron chi connectivity index (χ0n) is 19.3. The molecule has 21 heteroatoms. The number of hydrogen-bond acceptors (Lipinski definition) is 6. The van der Waals surface area contributed by atoms with Crippen molar-refractivity contribution in [3.05, 3.63) is 12.2 Å². The highest BCUT2D eigenvalue weighted by atomic mass is 19.3. The van der Waals surface area contributed by atoms with Crippen LogP contribution in [-0.4, -0.2) is 89.8 Å². The van der Waals surface area contributed by atoms with Crippen LogP contribution in [0.25, 0.3) is 0 Å². The summed E-state index contributed by atoms with van der Waals surface area (Å²) in [5, 5.41) is 0. The summed E-state index contributed by atoms with van der Waals surface area (Å²) in [4.78, 5) is 34.4. The van der Waals surface area contributed by atoms with E-state index in [4.69, 9.17) is 0 Å². The second-order valence-electron chi connectivity index (χ2n) is 8.72. The molecule has 0 heterocycles. The molecule has 0 aromatic heterocycles. The first-order valence-electron chi connectivity index (χ1n) is 10.00. The molecule has 0 spiro atoms. The number of esters is 3. The van der Waals surface area contributed by atoms with Gasteiger partial charge in [-0.3, -0.25) is 0 Å². The third-order valence-corrected chi connectivity index (χ3v) is 6.31. The predicted octanol–water partition coefficient (Wildman–Crippen LogP) is 4.54. The van der Waals surface area contributed by atoms with Gasteiger partial charge in [0, 0.05) is 5.57 Å². The summed E-state index contributed by atoms with van der Waals surface area (Å²) in [6.45, 7) is -1.33. The van der Waals surface area contributed by atoms with Crippen molar-refractivity contribution in [2.45, 2.75) is 72.5 Å². The van der Waals surface area contributed by atoms with Gasteiger partial charge in [-0.1, -0.05) is 6.58 Å². The molecule has 2 saturated carbocycles. The van der Waals surface area contributed by atoms with Crippen LogP contribution in [-0.2, 0) is 28.6 Å². The lowest BCUT2D eigenvalue weighted by Crippen LogP contribution is -3.01. The number of carbonyl (C=O) groups is 3. The van der Waals surface area contributed by atoms with Crippen molar-refractivity contribution in [2.24, 2.45) is 0 Å². The fraction of sp³-hybridized carbons (Fsp3) is 0.737. The Morgan fingerprint density at radius 2 is 1.12 bits per heavy atom. The second kappa shape index (κ2) is 8.80. The molecule has 40 heavy (non-hydrogen) atoms. The number of halogens is 15. The summed E-state index contributed by atoms with van der Waals surface area (Å²) in [6.07, 6.45) is -6.25. The molecule has 2 aliphatic carbocycles. The number of fused-ring (bicyclic) bond motifs is 2. The smallest absolute Gasteiger partial charge is 0.345 e. The van der Waals surface area contributed by atoms with Crippen molar-refractivity contribution in [3.8, 4) is 0 Å². The maximum absolute atomic E-state index is 15.2. The molecule has 0 radical (unpaired) electrons. The number of alkyl halides is 15. The van der Waals surface area contributed by atoms with E-state index in [2.05, 4.69) is 20.8 Å². The molecule has 0 N–H and O–H groups in total. The summed E-state index contributed by atoms with van der Waals surface area (Å²) in [5.74, 6) is -45.8. The Morgan fingerprint density at radius 1 is 0.675 bits per heavy atom. The Bertz CT molecular complexity index is 1110. The minimum absolute atomic E-state index is 0.362. The van der Waals surface area contributed by atoms with Crippen LogP contribution in [0.3, 0.4) is 0 Å². The van der Waals surface area contributed by atoms with Gasteiger partial charge in [-0.2, -0.15) is 43.9 Å². The van der Waals surface area contributed by atoms with E-state index in [1.54, 1.807) is 0 Å². The van der Waals surface area contributed by atoms with Crippen molar-refractivity contribution >= 4 is 17.9 Å². The van der Waals surface area contributed by atoms with Crippen molar-refractivity contribution in [3.63, 3.8) is 0 Å². The fourth-order valence-corrected chi connectivity index (χ4v) is 4.08. The highest BCUT2D eigenvalue weighted by molar-refractivity contribution is 5.88. The molecule has 2 bridgehead atoms. The van der Waals surface area contributed by atoms with E-state index in [1.807, 2.05) is 0 Å². The lowest BCUT2D eigenvalue weighted by Gasteiger charge is -2.67. The summed E-state index contributed by atoms with van der Waals surface area (Å²) in [6, 6.07) is 0. The SMILES string of the molecule is C=C(C)C(=O)OCC(=O)OCC(=O)OC12C(F)(F)C(C)(F)C(F)(F)C(F)(C(F)(F)C(F)(C(F)F)C1(F)F)C2(F)F. The second-order valence-corrected chi connectivity index (χ2v) is 8.72. The average molecular weight is 622 g/mol. The van der Waals surface area contributed by atoms with Gasteiger partial charge in [-0.25, -0.2) is 36.3 Å². The highest BCUT2D eigenvalue weighted by Crippen LogP contribution is 2.81. The number of hydrogen-bond donors (Lipinski definition) is 0. The Balaban J connectivity index is 2.78. The summed E-state index contributed by atoms with van der Waals surface area (Å²) >= 11 is 0. The van der Waals surface area contributed by atoms with E-state index in [-0.39, 0.29) is 5.57 Å². The van der Waals surface area contributed by atoms with Crippen molar-refractivity contribution in [1.29, 1.82) is 0 Å². The van der Waals surface area contributed by atoms with E-state index in [0.29, 0.717) is 0 Å². The normalized spacial score (nSPS) is 36.4. The standard InChI is InChI=1S/C19H13F15O6/c1-6(2)9(37)39-4-7(35)38-5-8(36)40-14-16(27,28)11(3,22)15(25,26)13(24,19(14,33)34)17(29,30)12(23,10(20)21)18(14,31)32/h10H,1,4-5H2,2-3H3. The monoisotopic (exact) mass is 622 g/mol. The average Bonchev–Trinajstić information content (AvgIpc) is 2.80. The Hall–Kier alpha value is -2.90. The molecule has 4 unspecified atom stereocenters. The molecular weight excluding hydrogens is 609 g/mol. The van der Waals surface area contributed by atoms with Crippen LogP contribution in [0.15, 0.2) is 12.2 Å². The molecule has 0 aromatic rings. The zero-order chi connectivity index (χ0) is 31.9. The fourth-order valence-electron chi connectivity index (χ4n) is 4.08. The number of rotatable bonds is 7. The van der Waals surface area contributed by atoms with E-state index in [9.17, 15) is 58.3 Å². The molecule has 230 valence electrons. The van der Waals surface area contributed by atoms with Crippen LogP contribution < -0.4 is 0 Å². The molecule has 4 atom stereocenters. The van der Waals surface area contributed by atoms with Crippen LogP contribution in [0.4, 0.5) is 65.9 Å².